The Morgan fingerprint density at radius 3 is 2.79 bits per heavy atom. The summed E-state index contributed by atoms with van der Waals surface area (Å²) >= 11 is 0. The molecule has 1 aliphatic rings. The van der Waals surface area contributed by atoms with E-state index in [9.17, 15) is 4.79 Å². The van der Waals surface area contributed by atoms with Crippen molar-refractivity contribution >= 4 is 5.91 Å². The van der Waals surface area contributed by atoms with Gasteiger partial charge in [0.25, 0.3) is 5.91 Å². The minimum absolute atomic E-state index is 0.0192. The third-order valence-electron chi connectivity index (χ3n) is 4.63. The number of rotatable bonds is 4. The van der Waals surface area contributed by atoms with Crippen molar-refractivity contribution in [2.24, 2.45) is 11.7 Å². The molecule has 0 bridgehead atoms. The molecule has 1 aromatic heterocycles. The number of amides is 1. The smallest absolute Gasteiger partial charge is 0.253 e. The van der Waals surface area contributed by atoms with E-state index < -0.39 is 0 Å². The summed E-state index contributed by atoms with van der Waals surface area (Å²) in [6.45, 7) is 5.19. The highest BCUT2D eigenvalue weighted by atomic mass is 16.3. The van der Waals surface area contributed by atoms with Gasteiger partial charge in [-0.05, 0) is 50.5 Å². The maximum atomic E-state index is 12.8. The fourth-order valence-electron chi connectivity index (χ4n) is 3.38. The maximum absolute atomic E-state index is 12.8. The number of aliphatic hydroxyl groups is 1. The molecule has 0 aliphatic carbocycles. The van der Waals surface area contributed by atoms with E-state index in [0.29, 0.717) is 25.1 Å². The molecule has 2 heterocycles. The number of nitrogens with zero attached hydrogens (tertiary/aromatic N) is 3. The van der Waals surface area contributed by atoms with Crippen LogP contribution in [0, 0.1) is 19.8 Å². The van der Waals surface area contributed by atoms with Crippen molar-refractivity contribution in [2.45, 2.75) is 26.3 Å². The Balaban J connectivity index is 1.82. The van der Waals surface area contributed by atoms with Crippen LogP contribution in [0.15, 0.2) is 30.3 Å². The number of carbonyl (C=O) groups excluding carboxylic acids is 1. The molecule has 0 radical (unpaired) electrons. The molecule has 1 saturated heterocycles. The number of benzene rings is 1. The molecular weight excluding hydrogens is 304 g/mol. The lowest BCUT2D eigenvalue weighted by atomic mass is 10.0. The van der Waals surface area contributed by atoms with Gasteiger partial charge in [-0.25, -0.2) is 4.68 Å². The monoisotopic (exact) mass is 328 g/mol. The summed E-state index contributed by atoms with van der Waals surface area (Å²) in [5.41, 5.74) is 9.59. The van der Waals surface area contributed by atoms with Crippen molar-refractivity contribution in [3.63, 3.8) is 0 Å². The largest absolute Gasteiger partial charge is 0.396 e. The van der Waals surface area contributed by atoms with Crippen LogP contribution in [0.2, 0.25) is 0 Å². The second-order valence-electron chi connectivity index (χ2n) is 6.54. The molecule has 1 aliphatic heterocycles. The quantitative estimate of drug-likeness (QED) is 0.885. The third-order valence-corrected chi connectivity index (χ3v) is 4.63. The molecular formula is C18H24N4O2. The SMILES string of the molecule is Cc1cc(C)n(-c2cccc(C(=O)N3C[C@@H](CCO)[C@H](N)C3)c2)n1. The van der Waals surface area contributed by atoms with Crippen LogP contribution in [0.5, 0.6) is 0 Å². The van der Waals surface area contributed by atoms with Crippen LogP contribution in [0.4, 0.5) is 0 Å². The lowest BCUT2D eigenvalue weighted by Crippen LogP contribution is -2.32. The number of nitrogens with two attached hydrogens (primary N) is 1. The van der Waals surface area contributed by atoms with E-state index in [4.69, 9.17) is 10.8 Å². The zero-order valence-corrected chi connectivity index (χ0v) is 14.1. The number of aromatic nitrogens is 2. The number of carbonyl (C=O) groups is 1. The van der Waals surface area contributed by atoms with E-state index in [0.717, 1.165) is 17.1 Å². The van der Waals surface area contributed by atoms with E-state index in [1.165, 1.54) is 0 Å². The molecule has 3 N–H and O–H groups in total. The van der Waals surface area contributed by atoms with E-state index >= 15 is 0 Å². The average Bonchev–Trinajstić information content (AvgIpc) is 3.09. The normalized spacial score (nSPS) is 20.6. The fourth-order valence-corrected chi connectivity index (χ4v) is 3.38. The van der Waals surface area contributed by atoms with E-state index in [-0.39, 0.29) is 24.5 Å². The molecule has 6 nitrogen and oxygen atoms in total. The van der Waals surface area contributed by atoms with E-state index in [2.05, 4.69) is 5.10 Å². The number of hydrogen-bond donors (Lipinski definition) is 2. The van der Waals surface area contributed by atoms with Gasteiger partial charge in [-0.2, -0.15) is 5.10 Å². The Kier molecular flexibility index (Phi) is 4.69. The predicted molar refractivity (Wildman–Crippen MR) is 92.1 cm³/mol. The van der Waals surface area contributed by atoms with Crippen LogP contribution < -0.4 is 5.73 Å². The van der Waals surface area contributed by atoms with Crippen LogP contribution in [-0.4, -0.2) is 51.4 Å². The van der Waals surface area contributed by atoms with Crippen LogP contribution in [0.25, 0.3) is 5.69 Å². The Bertz CT molecular complexity index is 740. The van der Waals surface area contributed by atoms with Crippen molar-refractivity contribution in [3.05, 3.63) is 47.3 Å². The van der Waals surface area contributed by atoms with Gasteiger partial charge in [0.15, 0.2) is 0 Å². The van der Waals surface area contributed by atoms with Gasteiger partial charge in [0.1, 0.15) is 0 Å². The van der Waals surface area contributed by atoms with Crippen LogP contribution in [-0.2, 0) is 0 Å². The molecule has 0 unspecified atom stereocenters. The number of likely N-dealkylation sites (tertiary alicyclic amines) is 1. The number of aliphatic hydroxyl groups excluding tert-OH is 1. The second-order valence-corrected chi connectivity index (χ2v) is 6.54. The van der Waals surface area contributed by atoms with Gasteiger partial charge in [0.05, 0.1) is 11.4 Å². The first kappa shape index (κ1) is 16.7. The highest BCUT2D eigenvalue weighted by Gasteiger charge is 2.32. The van der Waals surface area contributed by atoms with Gasteiger partial charge < -0.3 is 15.7 Å². The molecule has 24 heavy (non-hydrogen) atoms. The lowest BCUT2D eigenvalue weighted by molar-refractivity contribution is 0.0784. The van der Waals surface area contributed by atoms with Gasteiger partial charge in [0.2, 0.25) is 0 Å². The predicted octanol–water partition coefficient (Wildman–Crippen LogP) is 1.27. The van der Waals surface area contributed by atoms with Crippen molar-refractivity contribution in [2.75, 3.05) is 19.7 Å². The van der Waals surface area contributed by atoms with Gasteiger partial charge in [-0.1, -0.05) is 6.07 Å². The summed E-state index contributed by atoms with van der Waals surface area (Å²) < 4.78 is 1.84. The number of hydrogen-bond acceptors (Lipinski definition) is 4. The van der Waals surface area contributed by atoms with Crippen molar-refractivity contribution in [3.8, 4) is 5.69 Å². The van der Waals surface area contributed by atoms with Crippen LogP contribution >= 0.6 is 0 Å². The Morgan fingerprint density at radius 1 is 1.33 bits per heavy atom. The molecule has 3 rings (SSSR count). The second kappa shape index (κ2) is 6.75. The van der Waals surface area contributed by atoms with E-state index in [1.54, 1.807) is 4.90 Å². The van der Waals surface area contributed by atoms with Crippen molar-refractivity contribution < 1.29 is 9.90 Å². The Hall–Kier alpha value is -2.18. The summed E-state index contributed by atoms with van der Waals surface area (Å²) in [6.07, 6.45) is 0.636. The van der Waals surface area contributed by atoms with Crippen molar-refractivity contribution in [1.29, 1.82) is 0 Å². The van der Waals surface area contributed by atoms with Gasteiger partial charge in [-0.3, -0.25) is 4.79 Å². The standard InChI is InChI=1S/C18H24N4O2/c1-12-8-13(2)22(20-12)16-5-3-4-14(9-16)18(24)21-10-15(6-7-23)17(19)11-21/h3-5,8-9,15,17,23H,6-7,10-11,19H2,1-2H3/t15-,17-/m1/s1. The summed E-state index contributed by atoms with van der Waals surface area (Å²) in [4.78, 5) is 14.6. The number of aryl methyl sites for hydroxylation is 2. The molecule has 1 fully saturated rings. The maximum Gasteiger partial charge on any atom is 0.253 e. The molecule has 6 heteroatoms. The zero-order valence-electron chi connectivity index (χ0n) is 14.1. The van der Waals surface area contributed by atoms with Gasteiger partial charge >= 0.3 is 0 Å². The summed E-state index contributed by atoms with van der Waals surface area (Å²) in [6, 6.07) is 9.45. The Labute approximate surface area is 141 Å². The molecule has 2 aromatic rings. The van der Waals surface area contributed by atoms with E-state index in [1.807, 2.05) is 48.9 Å². The first-order valence-electron chi connectivity index (χ1n) is 8.29. The molecule has 0 saturated carbocycles. The van der Waals surface area contributed by atoms with Gasteiger partial charge in [0, 0.05) is 37.0 Å². The Morgan fingerprint density at radius 2 is 2.12 bits per heavy atom. The third kappa shape index (κ3) is 3.20. The molecule has 1 amide bonds. The molecule has 2 atom stereocenters. The lowest BCUT2D eigenvalue weighted by Gasteiger charge is -2.17. The first-order valence-corrected chi connectivity index (χ1v) is 8.29. The highest BCUT2D eigenvalue weighted by Crippen LogP contribution is 2.22. The highest BCUT2D eigenvalue weighted by molar-refractivity contribution is 5.95. The molecule has 128 valence electrons. The molecule has 1 aromatic carbocycles. The van der Waals surface area contributed by atoms with Crippen LogP contribution in [0.1, 0.15) is 28.2 Å². The summed E-state index contributed by atoms with van der Waals surface area (Å²) in [7, 11) is 0. The average molecular weight is 328 g/mol. The minimum Gasteiger partial charge on any atom is -0.396 e. The first-order chi connectivity index (χ1) is 11.5. The summed E-state index contributed by atoms with van der Waals surface area (Å²) in [5, 5.41) is 13.6. The van der Waals surface area contributed by atoms with Gasteiger partial charge in [-0.15, -0.1) is 0 Å². The zero-order chi connectivity index (χ0) is 17.3. The van der Waals surface area contributed by atoms with Crippen LogP contribution in [0.3, 0.4) is 0 Å². The fraction of sp³-hybridized carbons (Fsp3) is 0.444. The minimum atomic E-state index is -0.0692. The topological polar surface area (TPSA) is 84.4 Å². The molecule has 0 spiro atoms. The summed E-state index contributed by atoms with van der Waals surface area (Å²) in [5.74, 6) is 0.146. The van der Waals surface area contributed by atoms with Crippen molar-refractivity contribution in [1.82, 2.24) is 14.7 Å².